The number of halogens is 4. The third-order valence-corrected chi connectivity index (χ3v) is 3.80. The van der Waals surface area contributed by atoms with Gasteiger partial charge in [0.2, 0.25) is 0 Å². The van der Waals surface area contributed by atoms with Crippen molar-refractivity contribution in [3.63, 3.8) is 0 Å². The second kappa shape index (κ2) is 6.86. The van der Waals surface area contributed by atoms with Crippen molar-refractivity contribution in [3.05, 3.63) is 35.1 Å². The highest BCUT2D eigenvalue weighted by Gasteiger charge is 2.46. The number of hydrogen-bond donors (Lipinski definition) is 1. The number of carbonyl (C=O) groups is 2. The first kappa shape index (κ1) is 20.2. The molecule has 1 aliphatic heterocycles. The summed E-state index contributed by atoms with van der Waals surface area (Å²) >= 11 is 0. The van der Waals surface area contributed by atoms with Crippen LogP contribution in [0, 0.1) is 5.82 Å². The molecule has 2 rings (SSSR count). The maximum Gasteiger partial charge on any atom is 0.416 e. The quantitative estimate of drug-likeness (QED) is 0.801. The lowest BCUT2D eigenvalue weighted by molar-refractivity contribution is -0.137. The van der Waals surface area contributed by atoms with Gasteiger partial charge in [0, 0.05) is 12.0 Å². The summed E-state index contributed by atoms with van der Waals surface area (Å²) in [5.74, 6) is -1.92. The predicted octanol–water partition coefficient (Wildman–Crippen LogP) is 3.55. The van der Waals surface area contributed by atoms with E-state index in [1.807, 2.05) is 0 Å². The minimum atomic E-state index is -4.73. The van der Waals surface area contributed by atoms with E-state index in [0.29, 0.717) is 12.1 Å². The fourth-order valence-electron chi connectivity index (χ4n) is 2.65. The SMILES string of the molecule is CC(C)(C)OC(=O)NC1(c2ccc(C(F)(F)F)cc2F)CCOCC1=O. The molecule has 26 heavy (non-hydrogen) atoms. The number of ketones is 1. The Balaban J connectivity index is 2.46. The zero-order valence-corrected chi connectivity index (χ0v) is 14.5. The Hall–Kier alpha value is -2.16. The van der Waals surface area contributed by atoms with E-state index in [4.69, 9.17) is 9.47 Å². The minimum absolute atomic E-state index is 0.0159. The highest BCUT2D eigenvalue weighted by molar-refractivity contribution is 5.94. The summed E-state index contributed by atoms with van der Waals surface area (Å²) in [5.41, 5.74) is -4.28. The zero-order valence-electron chi connectivity index (χ0n) is 14.5. The molecule has 1 aromatic rings. The Kier molecular flexibility index (Phi) is 5.32. The largest absolute Gasteiger partial charge is 0.444 e. The second-order valence-electron chi connectivity index (χ2n) is 6.95. The van der Waals surface area contributed by atoms with Crippen molar-refractivity contribution in [1.82, 2.24) is 5.32 Å². The van der Waals surface area contributed by atoms with Gasteiger partial charge in [-0.05, 0) is 32.9 Å². The van der Waals surface area contributed by atoms with Gasteiger partial charge in [-0.1, -0.05) is 6.07 Å². The van der Waals surface area contributed by atoms with Crippen LogP contribution in [-0.4, -0.2) is 30.7 Å². The fraction of sp³-hybridized carbons (Fsp3) is 0.529. The maximum absolute atomic E-state index is 14.5. The van der Waals surface area contributed by atoms with E-state index in [9.17, 15) is 27.2 Å². The number of alkyl carbamates (subject to hydrolysis) is 1. The summed E-state index contributed by atoms with van der Waals surface area (Å²) in [6, 6.07) is 1.83. The normalized spacial score (nSPS) is 21.4. The van der Waals surface area contributed by atoms with Crippen molar-refractivity contribution in [2.24, 2.45) is 0 Å². The van der Waals surface area contributed by atoms with Gasteiger partial charge in [-0.3, -0.25) is 4.79 Å². The summed E-state index contributed by atoms with van der Waals surface area (Å²) in [5, 5.41) is 2.34. The molecule has 0 radical (unpaired) electrons. The molecule has 1 amide bonds. The topological polar surface area (TPSA) is 64.6 Å². The van der Waals surface area contributed by atoms with Crippen LogP contribution in [0.3, 0.4) is 0 Å². The van der Waals surface area contributed by atoms with Crippen molar-refractivity contribution in [2.45, 2.75) is 44.5 Å². The number of alkyl halides is 3. The standard InChI is InChI=1S/C17H19F4NO4/c1-15(2,3)26-14(24)22-16(6-7-25-9-13(16)23)11-5-4-10(8-12(11)18)17(19,20)21/h4-5,8H,6-7,9H2,1-3H3,(H,22,24). The van der Waals surface area contributed by atoms with Crippen molar-refractivity contribution in [1.29, 1.82) is 0 Å². The summed E-state index contributed by atoms with van der Waals surface area (Å²) in [6.07, 6.45) is -5.84. The molecule has 1 fully saturated rings. The van der Waals surface area contributed by atoms with Gasteiger partial charge in [-0.25, -0.2) is 9.18 Å². The van der Waals surface area contributed by atoms with Crippen LogP contribution >= 0.6 is 0 Å². The van der Waals surface area contributed by atoms with Gasteiger partial charge >= 0.3 is 12.3 Å². The highest BCUT2D eigenvalue weighted by atomic mass is 19.4. The van der Waals surface area contributed by atoms with Gasteiger partial charge < -0.3 is 14.8 Å². The van der Waals surface area contributed by atoms with Crippen LogP contribution in [0.5, 0.6) is 0 Å². The molecule has 0 bridgehead atoms. The van der Waals surface area contributed by atoms with E-state index >= 15 is 0 Å². The van der Waals surface area contributed by atoms with E-state index < -0.39 is 47.2 Å². The molecule has 1 heterocycles. The molecular weight excluding hydrogens is 358 g/mol. The molecule has 144 valence electrons. The first-order chi connectivity index (χ1) is 11.8. The number of hydrogen-bond acceptors (Lipinski definition) is 4. The first-order valence-corrected chi connectivity index (χ1v) is 7.84. The Morgan fingerprint density at radius 1 is 1.27 bits per heavy atom. The van der Waals surface area contributed by atoms with Gasteiger partial charge in [0.1, 0.15) is 23.6 Å². The van der Waals surface area contributed by atoms with Crippen molar-refractivity contribution in [2.75, 3.05) is 13.2 Å². The van der Waals surface area contributed by atoms with Gasteiger partial charge in [0.25, 0.3) is 0 Å². The van der Waals surface area contributed by atoms with E-state index in [-0.39, 0.29) is 18.6 Å². The maximum atomic E-state index is 14.5. The summed E-state index contributed by atoms with van der Waals surface area (Å²) in [7, 11) is 0. The molecule has 1 N–H and O–H groups in total. The summed E-state index contributed by atoms with van der Waals surface area (Å²) in [6.45, 7) is 4.41. The number of ether oxygens (including phenoxy) is 2. The van der Waals surface area contributed by atoms with Crippen LogP contribution in [-0.2, 0) is 26.0 Å². The van der Waals surface area contributed by atoms with Crippen molar-refractivity contribution in [3.8, 4) is 0 Å². The van der Waals surface area contributed by atoms with E-state index in [1.54, 1.807) is 20.8 Å². The monoisotopic (exact) mass is 377 g/mol. The highest BCUT2D eigenvalue weighted by Crippen LogP contribution is 2.36. The molecule has 1 atom stereocenters. The number of nitrogens with one attached hydrogen (secondary N) is 1. The van der Waals surface area contributed by atoms with Crippen LogP contribution < -0.4 is 5.32 Å². The molecule has 1 unspecified atom stereocenters. The van der Waals surface area contributed by atoms with Crippen molar-refractivity contribution >= 4 is 11.9 Å². The molecule has 1 aromatic carbocycles. The Morgan fingerprint density at radius 2 is 1.92 bits per heavy atom. The predicted molar refractivity (Wildman–Crippen MR) is 82.9 cm³/mol. The van der Waals surface area contributed by atoms with Gasteiger partial charge in [0.05, 0.1) is 12.2 Å². The molecule has 9 heteroatoms. The molecule has 1 aliphatic rings. The molecule has 1 saturated heterocycles. The third kappa shape index (κ3) is 4.32. The molecular formula is C17H19F4NO4. The lowest BCUT2D eigenvalue weighted by atomic mass is 9.81. The average molecular weight is 377 g/mol. The Morgan fingerprint density at radius 3 is 2.42 bits per heavy atom. The smallest absolute Gasteiger partial charge is 0.416 e. The zero-order chi connectivity index (χ0) is 19.8. The van der Waals surface area contributed by atoms with Gasteiger partial charge in [0.15, 0.2) is 5.78 Å². The Labute approximate surface area is 147 Å². The van der Waals surface area contributed by atoms with E-state index in [1.165, 1.54) is 0 Å². The third-order valence-electron chi connectivity index (χ3n) is 3.80. The number of benzene rings is 1. The van der Waals surface area contributed by atoms with Crippen LogP contribution in [0.15, 0.2) is 18.2 Å². The number of carbonyl (C=O) groups excluding carboxylic acids is 2. The summed E-state index contributed by atoms with van der Waals surface area (Å²) < 4.78 is 62.9. The lowest BCUT2D eigenvalue weighted by Gasteiger charge is -2.37. The fourth-order valence-corrected chi connectivity index (χ4v) is 2.65. The van der Waals surface area contributed by atoms with Crippen LogP contribution in [0.2, 0.25) is 0 Å². The number of Topliss-reactive ketones (excluding diaryl/α,β-unsaturated/α-hetero) is 1. The molecule has 0 saturated carbocycles. The second-order valence-corrected chi connectivity index (χ2v) is 6.95. The summed E-state index contributed by atoms with van der Waals surface area (Å²) in [4.78, 5) is 24.6. The van der Waals surface area contributed by atoms with Gasteiger partial charge in [-0.15, -0.1) is 0 Å². The van der Waals surface area contributed by atoms with Crippen LogP contribution in [0.1, 0.15) is 38.3 Å². The average Bonchev–Trinajstić information content (AvgIpc) is 2.46. The minimum Gasteiger partial charge on any atom is -0.444 e. The molecule has 0 spiro atoms. The van der Waals surface area contributed by atoms with Crippen LogP contribution in [0.25, 0.3) is 0 Å². The van der Waals surface area contributed by atoms with E-state index in [2.05, 4.69) is 5.32 Å². The molecule has 5 nitrogen and oxygen atoms in total. The van der Waals surface area contributed by atoms with Crippen molar-refractivity contribution < 1.29 is 36.6 Å². The lowest BCUT2D eigenvalue weighted by Crippen LogP contribution is -2.57. The molecule has 0 aromatic heterocycles. The van der Waals surface area contributed by atoms with Gasteiger partial charge in [-0.2, -0.15) is 13.2 Å². The van der Waals surface area contributed by atoms with Crippen LogP contribution in [0.4, 0.5) is 22.4 Å². The van der Waals surface area contributed by atoms with E-state index in [0.717, 1.165) is 6.07 Å². The number of amides is 1. The first-order valence-electron chi connectivity index (χ1n) is 7.84. The molecule has 0 aliphatic carbocycles. The number of rotatable bonds is 2. The Bertz CT molecular complexity index is 712.